The van der Waals surface area contributed by atoms with Crippen LogP contribution < -0.4 is 10.2 Å². The fourth-order valence-electron chi connectivity index (χ4n) is 2.33. The third-order valence-electron chi connectivity index (χ3n) is 3.57. The maximum absolute atomic E-state index is 4.61. The van der Waals surface area contributed by atoms with Gasteiger partial charge in [0.2, 0.25) is 0 Å². The largest absolute Gasteiger partial charge is 0.368 e. The Morgan fingerprint density at radius 3 is 2.67 bits per heavy atom. The standard InChI is InChI=1S/C15H25N3/c1-4-10-16-12(3)15-9-8-14(11-17-15)18(5-2)13-6-7-13/h8-9,11-13,16H,4-7,10H2,1-3H3. The minimum Gasteiger partial charge on any atom is -0.368 e. The monoisotopic (exact) mass is 247 g/mol. The molecule has 1 saturated carbocycles. The van der Waals surface area contributed by atoms with Gasteiger partial charge in [-0.1, -0.05) is 6.92 Å². The molecule has 1 fully saturated rings. The Balaban J connectivity index is 1.99. The first-order valence-corrected chi connectivity index (χ1v) is 7.22. The predicted octanol–water partition coefficient (Wildman–Crippen LogP) is 3.13. The van der Waals surface area contributed by atoms with E-state index in [4.69, 9.17) is 0 Å². The van der Waals surface area contributed by atoms with Gasteiger partial charge in [0.05, 0.1) is 17.6 Å². The molecule has 18 heavy (non-hydrogen) atoms. The van der Waals surface area contributed by atoms with E-state index in [9.17, 15) is 0 Å². The Morgan fingerprint density at radius 2 is 2.17 bits per heavy atom. The summed E-state index contributed by atoms with van der Waals surface area (Å²) in [6.45, 7) is 8.71. The van der Waals surface area contributed by atoms with Crippen molar-refractivity contribution in [2.24, 2.45) is 0 Å². The van der Waals surface area contributed by atoms with Crippen molar-refractivity contribution in [1.82, 2.24) is 10.3 Å². The normalized spacial score (nSPS) is 16.6. The van der Waals surface area contributed by atoms with Crippen molar-refractivity contribution in [2.75, 3.05) is 18.0 Å². The number of nitrogens with one attached hydrogen (secondary N) is 1. The Labute approximate surface area is 111 Å². The Bertz CT molecular complexity index is 357. The van der Waals surface area contributed by atoms with Crippen molar-refractivity contribution in [3.8, 4) is 0 Å². The molecule has 0 saturated heterocycles. The SMILES string of the molecule is CCCNC(C)c1ccc(N(CC)C2CC2)cn1. The summed E-state index contributed by atoms with van der Waals surface area (Å²) in [7, 11) is 0. The number of hydrogen-bond donors (Lipinski definition) is 1. The summed E-state index contributed by atoms with van der Waals surface area (Å²) < 4.78 is 0. The first kappa shape index (κ1) is 13.3. The third kappa shape index (κ3) is 3.22. The molecule has 1 aromatic rings. The van der Waals surface area contributed by atoms with Crippen LogP contribution >= 0.6 is 0 Å². The molecular weight excluding hydrogens is 222 g/mol. The zero-order chi connectivity index (χ0) is 13.0. The van der Waals surface area contributed by atoms with Crippen LogP contribution in [0.4, 0.5) is 5.69 Å². The number of rotatable bonds is 7. The van der Waals surface area contributed by atoms with Crippen LogP contribution in [0.3, 0.4) is 0 Å². The van der Waals surface area contributed by atoms with Gasteiger partial charge >= 0.3 is 0 Å². The average molecular weight is 247 g/mol. The fourth-order valence-corrected chi connectivity index (χ4v) is 2.33. The van der Waals surface area contributed by atoms with E-state index in [-0.39, 0.29) is 0 Å². The van der Waals surface area contributed by atoms with Crippen molar-refractivity contribution in [3.63, 3.8) is 0 Å². The van der Waals surface area contributed by atoms with E-state index in [1.165, 1.54) is 18.5 Å². The van der Waals surface area contributed by atoms with Gasteiger partial charge in [0.25, 0.3) is 0 Å². The highest BCUT2D eigenvalue weighted by molar-refractivity contribution is 5.47. The molecule has 1 N–H and O–H groups in total. The van der Waals surface area contributed by atoms with Gasteiger partial charge in [0.15, 0.2) is 0 Å². The zero-order valence-corrected chi connectivity index (χ0v) is 11.8. The minimum absolute atomic E-state index is 0.343. The summed E-state index contributed by atoms with van der Waals surface area (Å²) in [5, 5.41) is 3.47. The van der Waals surface area contributed by atoms with Crippen molar-refractivity contribution in [2.45, 2.75) is 52.1 Å². The number of pyridine rings is 1. The molecule has 1 unspecified atom stereocenters. The van der Waals surface area contributed by atoms with E-state index in [2.05, 4.69) is 48.1 Å². The van der Waals surface area contributed by atoms with Gasteiger partial charge < -0.3 is 10.2 Å². The molecule has 0 aliphatic heterocycles. The van der Waals surface area contributed by atoms with E-state index in [1.54, 1.807) is 0 Å². The number of nitrogens with zero attached hydrogens (tertiary/aromatic N) is 2. The highest BCUT2D eigenvalue weighted by Crippen LogP contribution is 2.31. The van der Waals surface area contributed by atoms with Gasteiger partial charge in [0.1, 0.15) is 0 Å². The van der Waals surface area contributed by atoms with Gasteiger partial charge in [-0.05, 0) is 51.8 Å². The minimum atomic E-state index is 0.343. The van der Waals surface area contributed by atoms with Crippen LogP contribution in [0.25, 0.3) is 0 Å². The zero-order valence-electron chi connectivity index (χ0n) is 11.8. The summed E-state index contributed by atoms with van der Waals surface area (Å²) in [6.07, 6.45) is 5.86. The van der Waals surface area contributed by atoms with Crippen molar-refractivity contribution in [1.29, 1.82) is 0 Å². The van der Waals surface area contributed by atoms with Crippen molar-refractivity contribution in [3.05, 3.63) is 24.0 Å². The van der Waals surface area contributed by atoms with Crippen molar-refractivity contribution < 1.29 is 0 Å². The number of hydrogen-bond acceptors (Lipinski definition) is 3. The fraction of sp³-hybridized carbons (Fsp3) is 0.667. The van der Waals surface area contributed by atoms with Gasteiger partial charge in [-0.2, -0.15) is 0 Å². The Morgan fingerprint density at radius 1 is 1.39 bits per heavy atom. The topological polar surface area (TPSA) is 28.2 Å². The van der Waals surface area contributed by atoms with Crippen LogP contribution in [-0.2, 0) is 0 Å². The van der Waals surface area contributed by atoms with E-state index in [0.717, 1.165) is 31.2 Å². The van der Waals surface area contributed by atoms with Crippen LogP contribution in [0.1, 0.15) is 51.8 Å². The lowest BCUT2D eigenvalue weighted by Crippen LogP contribution is -2.25. The molecule has 2 rings (SSSR count). The third-order valence-corrected chi connectivity index (χ3v) is 3.57. The van der Waals surface area contributed by atoms with Gasteiger partial charge in [-0.3, -0.25) is 4.98 Å². The molecule has 0 radical (unpaired) electrons. The first-order chi connectivity index (χ1) is 8.76. The van der Waals surface area contributed by atoms with Crippen LogP contribution in [0.2, 0.25) is 0 Å². The van der Waals surface area contributed by atoms with Gasteiger partial charge in [-0.25, -0.2) is 0 Å². The number of anilines is 1. The second kappa shape index (κ2) is 6.19. The van der Waals surface area contributed by atoms with E-state index in [0.29, 0.717) is 6.04 Å². The molecular formula is C15H25N3. The summed E-state index contributed by atoms with van der Waals surface area (Å²) in [4.78, 5) is 7.07. The summed E-state index contributed by atoms with van der Waals surface area (Å²) in [5.41, 5.74) is 2.41. The van der Waals surface area contributed by atoms with Gasteiger partial charge in [0, 0.05) is 18.6 Å². The van der Waals surface area contributed by atoms with Crippen molar-refractivity contribution >= 4 is 5.69 Å². The second-order valence-electron chi connectivity index (χ2n) is 5.13. The molecule has 1 atom stereocenters. The second-order valence-corrected chi connectivity index (χ2v) is 5.13. The molecule has 1 heterocycles. The van der Waals surface area contributed by atoms with Crippen LogP contribution in [0.5, 0.6) is 0 Å². The molecule has 0 spiro atoms. The molecule has 1 aliphatic carbocycles. The van der Waals surface area contributed by atoms with Crippen LogP contribution in [-0.4, -0.2) is 24.1 Å². The van der Waals surface area contributed by atoms with E-state index < -0.39 is 0 Å². The van der Waals surface area contributed by atoms with E-state index >= 15 is 0 Å². The molecule has 0 aromatic carbocycles. The lowest BCUT2D eigenvalue weighted by atomic mass is 10.2. The summed E-state index contributed by atoms with van der Waals surface area (Å²) >= 11 is 0. The Kier molecular flexibility index (Phi) is 4.59. The first-order valence-electron chi connectivity index (χ1n) is 7.22. The highest BCUT2D eigenvalue weighted by Gasteiger charge is 2.28. The smallest absolute Gasteiger partial charge is 0.0572 e. The summed E-state index contributed by atoms with van der Waals surface area (Å²) in [5.74, 6) is 0. The highest BCUT2D eigenvalue weighted by atomic mass is 15.2. The quantitative estimate of drug-likeness (QED) is 0.802. The lowest BCUT2D eigenvalue weighted by molar-refractivity contribution is 0.558. The van der Waals surface area contributed by atoms with Gasteiger partial charge in [-0.15, -0.1) is 0 Å². The Hall–Kier alpha value is -1.09. The summed E-state index contributed by atoms with van der Waals surface area (Å²) in [6, 6.07) is 5.48. The molecule has 1 aromatic heterocycles. The lowest BCUT2D eigenvalue weighted by Gasteiger charge is -2.23. The maximum atomic E-state index is 4.61. The number of aromatic nitrogens is 1. The molecule has 3 nitrogen and oxygen atoms in total. The van der Waals surface area contributed by atoms with Crippen LogP contribution in [0, 0.1) is 0 Å². The average Bonchev–Trinajstić information content (AvgIpc) is 3.22. The molecule has 100 valence electrons. The maximum Gasteiger partial charge on any atom is 0.0572 e. The molecule has 1 aliphatic rings. The van der Waals surface area contributed by atoms with Crippen LogP contribution in [0.15, 0.2) is 18.3 Å². The molecule has 0 bridgehead atoms. The molecule has 3 heteroatoms. The molecule has 0 amide bonds. The van der Waals surface area contributed by atoms with E-state index in [1.807, 2.05) is 6.20 Å². The predicted molar refractivity (Wildman–Crippen MR) is 77.0 cm³/mol.